The van der Waals surface area contributed by atoms with E-state index in [-0.39, 0.29) is 18.1 Å². The molecule has 0 fully saturated rings. The summed E-state index contributed by atoms with van der Waals surface area (Å²) < 4.78 is 9.97. The first-order valence-electron chi connectivity index (χ1n) is 5.91. The van der Waals surface area contributed by atoms with Gasteiger partial charge in [-0.2, -0.15) is 0 Å². The number of methoxy groups -OCH3 is 1. The summed E-state index contributed by atoms with van der Waals surface area (Å²) in [6.07, 6.45) is 0. The highest BCUT2D eigenvalue weighted by Crippen LogP contribution is 2.30. The Kier molecular flexibility index (Phi) is 4.89. The van der Waals surface area contributed by atoms with Crippen LogP contribution in [0.4, 0.5) is 0 Å². The molecule has 0 amide bonds. The largest absolute Gasteiger partial charge is 0.496 e. The molecule has 4 nitrogen and oxygen atoms in total. The smallest absolute Gasteiger partial charge is 0.379 e. The van der Waals surface area contributed by atoms with Gasteiger partial charge in [0.15, 0.2) is 0 Å². The monoisotopic (exact) mass is 250 g/mol. The molecule has 0 saturated heterocycles. The lowest BCUT2D eigenvalue weighted by atomic mass is 9.97. The Labute approximate surface area is 107 Å². The van der Waals surface area contributed by atoms with Crippen molar-refractivity contribution in [2.75, 3.05) is 13.7 Å². The number of benzene rings is 1. The molecule has 0 saturated carbocycles. The molecule has 98 valence electrons. The van der Waals surface area contributed by atoms with Crippen molar-refractivity contribution in [1.82, 2.24) is 0 Å². The van der Waals surface area contributed by atoms with Crippen LogP contribution < -0.4 is 4.74 Å². The van der Waals surface area contributed by atoms with Gasteiger partial charge in [0.2, 0.25) is 0 Å². The Hall–Kier alpha value is -1.84. The maximum atomic E-state index is 11.9. The summed E-state index contributed by atoms with van der Waals surface area (Å²) in [6.45, 7) is 5.83. The Morgan fingerprint density at radius 2 is 1.94 bits per heavy atom. The highest BCUT2D eigenvalue weighted by atomic mass is 16.5. The molecule has 1 rings (SSSR count). The molecule has 0 aliphatic rings. The molecule has 0 radical (unpaired) electrons. The van der Waals surface area contributed by atoms with Crippen molar-refractivity contribution < 1.29 is 19.1 Å². The van der Waals surface area contributed by atoms with Crippen molar-refractivity contribution in [3.05, 3.63) is 29.3 Å². The second kappa shape index (κ2) is 6.19. The summed E-state index contributed by atoms with van der Waals surface area (Å²) in [7, 11) is 1.49. The van der Waals surface area contributed by atoms with Crippen LogP contribution in [0.15, 0.2) is 18.2 Å². The van der Waals surface area contributed by atoms with E-state index in [0.29, 0.717) is 5.75 Å². The molecule has 0 spiro atoms. The average molecular weight is 250 g/mol. The van der Waals surface area contributed by atoms with E-state index in [1.54, 1.807) is 19.1 Å². The molecule has 1 aromatic carbocycles. The number of para-hydroxylation sites is 1. The number of hydrogen-bond acceptors (Lipinski definition) is 4. The summed E-state index contributed by atoms with van der Waals surface area (Å²) >= 11 is 0. The molecule has 0 aliphatic carbocycles. The van der Waals surface area contributed by atoms with Crippen molar-refractivity contribution in [1.29, 1.82) is 0 Å². The Bertz CT molecular complexity index is 449. The van der Waals surface area contributed by atoms with E-state index in [1.807, 2.05) is 19.9 Å². The zero-order valence-electron chi connectivity index (χ0n) is 11.1. The van der Waals surface area contributed by atoms with E-state index in [0.717, 1.165) is 5.56 Å². The van der Waals surface area contributed by atoms with Gasteiger partial charge in [0.1, 0.15) is 5.75 Å². The second-order valence-electron chi connectivity index (χ2n) is 4.13. The summed E-state index contributed by atoms with van der Waals surface area (Å²) in [5.41, 5.74) is 1.15. The molecule has 0 unspecified atom stereocenters. The van der Waals surface area contributed by atoms with E-state index < -0.39 is 11.8 Å². The van der Waals surface area contributed by atoms with E-state index in [2.05, 4.69) is 0 Å². The van der Waals surface area contributed by atoms with Crippen molar-refractivity contribution in [2.45, 2.75) is 26.7 Å². The van der Waals surface area contributed by atoms with Crippen LogP contribution in [0.2, 0.25) is 0 Å². The normalized spacial score (nSPS) is 10.3. The Morgan fingerprint density at radius 3 is 2.44 bits per heavy atom. The zero-order valence-corrected chi connectivity index (χ0v) is 11.1. The molecule has 0 N–H and O–H groups in total. The van der Waals surface area contributed by atoms with Crippen molar-refractivity contribution in [2.24, 2.45) is 0 Å². The highest BCUT2D eigenvalue weighted by molar-refractivity contribution is 6.41. The first-order chi connectivity index (χ1) is 8.52. The van der Waals surface area contributed by atoms with Gasteiger partial charge in [0.25, 0.3) is 5.78 Å². The van der Waals surface area contributed by atoms with Gasteiger partial charge in [0, 0.05) is 0 Å². The third-order valence-corrected chi connectivity index (χ3v) is 2.58. The topological polar surface area (TPSA) is 52.6 Å². The lowest BCUT2D eigenvalue weighted by Gasteiger charge is -2.14. The lowest BCUT2D eigenvalue weighted by Crippen LogP contribution is -2.18. The van der Waals surface area contributed by atoms with Gasteiger partial charge >= 0.3 is 5.97 Å². The molecule has 0 bridgehead atoms. The maximum Gasteiger partial charge on any atom is 0.379 e. The standard InChI is InChI=1S/C14H18O4/c1-5-18-14(16)12(15)11-8-6-7-10(9(2)3)13(11)17-4/h6-9H,5H2,1-4H3. The van der Waals surface area contributed by atoms with E-state index >= 15 is 0 Å². The third kappa shape index (κ3) is 2.88. The number of carbonyl (C=O) groups excluding carboxylic acids is 2. The van der Waals surface area contributed by atoms with Gasteiger partial charge < -0.3 is 9.47 Å². The number of ether oxygens (including phenoxy) is 2. The number of ketones is 1. The fourth-order valence-corrected chi connectivity index (χ4v) is 1.72. The minimum absolute atomic E-state index is 0.177. The number of Topliss-reactive ketones (excluding diaryl/α,β-unsaturated/α-hetero) is 1. The fourth-order valence-electron chi connectivity index (χ4n) is 1.72. The maximum absolute atomic E-state index is 11.9. The van der Waals surface area contributed by atoms with E-state index in [1.165, 1.54) is 7.11 Å². The molecule has 1 aromatic rings. The van der Waals surface area contributed by atoms with E-state index in [9.17, 15) is 9.59 Å². The summed E-state index contributed by atoms with van der Waals surface area (Å²) in [5, 5.41) is 0. The van der Waals surface area contributed by atoms with Crippen LogP contribution in [0.25, 0.3) is 0 Å². The minimum Gasteiger partial charge on any atom is -0.496 e. The zero-order chi connectivity index (χ0) is 13.7. The van der Waals surface area contributed by atoms with Crippen LogP contribution in [-0.4, -0.2) is 25.5 Å². The molecule has 0 heterocycles. The van der Waals surface area contributed by atoms with Crippen LogP contribution in [-0.2, 0) is 9.53 Å². The number of rotatable bonds is 5. The molecule has 0 aromatic heterocycles. The fraction of sp³-hybridized carbons (Fsp3) is 0.429. The quantitative estimate of drug-likeness (QED) is 0.458. The van der Waals surface area contributed by atoms with Gasteiger partial charge in [-0.1, -0.05) is 26.0 Å². The summed E-state index contributed by atoms with van der Waals surface area (Å²) in [5.74, 6) is -0.867. The molecule has 0 aliphatic heterocycles. The summed E-state index contributed by atoms with van der Waals surface area (Å²) in [6, 6.07) is 5.19. The number of hydrogen-bond donors (Lipinski definition) is 0. The summed E-state index contributed by atoms with van der Waals surface area (Å²) in [4.78, 5) is 23.4. The van der Waals surface area contributed by atoms with Crippen molar-refractivity contribution >= 4 is 11.8 Å². The molecule has 18 heavy (non-hydrogen) atoms. The van der Waals surface area contributed by atoms with Crippen molar-refractivity contribution in [3.8, 4) is 5.75 Å². The molecular formula is C14H18O4. The minimum atomic E-state index is -0.850. The average Bonchev–Trinajstić information content (AvgIpc) is 2.36. The van der Waals surface area contributed by atoms with Gasteiger partial charge in [-0.15, -0.1) is 0 Å². The predicted molar refractivity (Wildman–Crippen MR) is 68.0 cm³/mol. The molecular weight excluding hydrogens is 232 g/mol. The number of esters is 1. The Balaban J connectivity index is 3.20. The highest BCUT2D eigenvalue weighted by Gasteiger charge is 2.23. The van der Waals surface area contributed by atoms with Crippen LogP contribution in [0.3, 0.4) is 0 Å². The number of carbonyl (C=O) groups is 2. The van der Waals surface area contributed by atoms with Crippen LogP contribution in [0.5, 0.6) is 5.75 Å². The third-order valence-electron chi connectivity index (χ3n) is 2.58. The molecule has 0 atom stereocenters. The first kappa shape index (κ1) is 14.2. The predicted octanol–water partition coefficient (Wildman–Crippen LogP) is 2.56. The van der Waals surface area contributed by atoms with Gasteiger partial charge in [-0.25, -0.2) is 4.79 Å². The Morgan fingerprint density at radius 1 is 1.28 bits per heavy atom. The van der Waals surface area contributed by atoms with Gasteiger partial charge in [-0.05, 0) is 24.5 Å². The van der Waals surface area contributed by atoms with Crippen LogP contribution in [0, 0.1) is 0 Å². The van der Waals surface area contributed by atoms with Crippen LogP contribution in [0.1, 0.15) is 42.6 Å². The van der Waals surface area contributed by atoms with Crippen molar-refractivity contribution in [3.63, 3.8) is 0 Å². The van der Waals surface area contributed by atoms with Gasteiger partial charge in [-0.3, -0.25) is 4.79 Å². The van der Waals surface area contributed by atoms with Crippen LogP contribution >= 0.6 is 0 Å². The SMILES string of the molecule is CCOC(=O)C(=O)c1cccc(C(C)C)c1OC. The van der Waals surface area contributed by atoms with Gasteiger partial charge in [0.05, 0.1) is 19.3 Å². The first-order valence-corrected chi connectivity index (χ1v) is 5.91. The second-order valence-corrected chi connectivity index (χ2v) is 4.13. The van der Waals surface area contributed by atoms with E-state index in [4.69, 9.17) is 9.47 Å². The molecule has 4 heteroatoms. The lowest BCUT2D eigenvalue weighted by molar-refractivity contribution is -0.137.